The van der Waals surface area contributed by atoms with Gasteiger partial charge in [-0.25, -0.2) is 0 Å². The van der Waals surface area contributed by atoms with Gasteiger partial charge < -0.3 is 15.4 Å². The van der Waals surface area contributed by atoms with Gasteiger partial charge in [0.1, 0.15) is 5.75 Å². The second kappa shape index (κ2) is 8.31. The van der Waals surface area contributed by atoms with E-state index < -0.39 is 0 Å². The molecule has 2 N–H and O–H groups in total. The van der Waals surface area contributed by atoms with Crippen molar-refractivity contribution in [2.45, 2.75) is 6.42 Å². The average Bonchev–Trinajstić information content (AvgIpc) is 2.65. The Labute approximate surface area is 156 Å². The molecule has 0 fully saturated rings. The number of halogens is 1. The third-order valence-corrected chi connectivity index (χ3v) is 3.80. The van der Waals surface area contributed by atoms with Crippen LogP contribution in [0.5, 0.6) is 5.75 Å². The number of carbonyl (C=O) groups excluding carboxylic acids is 1. The minimum atomic E-state index is -0.171. The van der Waals surface area contributed by atoms with Crippen molar-refractivity contribution < 1.29 is 9.53 Å². The predicted molar refractivity (Wildman–Crippen MR) is 102 cm³/mol. The van der Waals surface area contributed by atoms with Crippen molar-refractivity contribution in [1.82, 2.24) is 10.2 Å². The first kappa shape index (κ1) is 17.7. The molecule has 0 radical (unpaired) electrons. The summed E-state index contributed by atoms with van der Waals surface area (Å²) in [5.41, 5.74) is 1.70. The summed E-state index contributed by atoms with van der Waals surface area (Å²) in [7, 11) is 1.61. The van der Waals surface area contributed by atoms with Gasteiger partial charge >= 0.3 is 0 Å². The molecule has 2 aromatic carbocycles. The molecule has 0 saturated carbocycles. The zero-order valence-electron chi connectivity index (χ0n) is 14.1. The maximum atomic E-state index is 12.1. The van der Waals surface area contributed by atoms with Crippen molar-refractivity contribution in [3.05, 3.63) is 71.2 Å². The van der Waals surface area contributed by atoms with Gasteiger partial charge in [0.25, 0.3) is 0 Å². The first-order valence-electron chi connectivity index (χ1n) is 7.91. The van der Waals surface area contributed by atoms with E-state index in [1.54, 1.807) is 31.4 Å². The molecule has 3 aromatic rings. The van der Waals surface area contributed by atoms with E-state index in [-0.39, 0.29) is 12.3 Å². The number of carbonyl (C=O) groups is 1. The van der Waals surface area contributed by atoms with Crippen molar-refractivity contribution >= 4 is 34.8 Å². The summed E-state index contributed by atoms with van der Waals surface area (Å²) in [5.74, 6) is 1.53. The first-order chi connectivity index (χ1) is 12.6. The summed E-state index contributed by atoms with van der Waals surface area (Å²) in [4.78, 5) is 12.1. The zero-order chi connectivity index (χ0) is 18.4. The van der Waals surface area contributed by atoms with Gasteiger partial charge in [0, 0.05) is 16.8 Å². The number of methoxy groups -OCH3 is 1. The number of nitrogens with zero attached hydrogens (tertiary/aromatic N) is 2. The van der Waals surface area contributed by atoms with Crippen LogP contribution >= 0.6 is 11.6 Å². The van der Waals surface area contributed by atoms with E-state index in [1.165, 1.54) is 0 Å². The third kappa shape index (κ3) is 4.94. The van der Waals surface area contributed by atoms with E-state index in [0.29, 0.717) is 16.7 Å². The molecule has 0 aliphatic heterocycles. The van der Waals surface area contributed by atoms with Crippen LogP contribution in [0.15, 0.2) is 60.7 Å². The molecule has 0 saturated heterocycles. The molecule has 7 heteroatoms. The van der Waals surface area contributed by atoms with Crippen LogP contribution in [0.1, 0.15) is 5.56 Å². The number of aromatic nitrogens is 2. The number of hydrogen-bond donors (Lipinski definition) is 2. The summed E-state index contributed by atoms with van der Waals surface area (Å²) in [6.45, 7) is 0. The molecule has 0 bridgehead atoms. The van der Waals surface area contributed by atoms with Crippen LogP contribution in [-0.4, -0.2) is 23.2 Å². The molecule has 1 heterocycles. The Kier molecular flexibility index (Phi) is 5.66. The molecule has 0 unspecified atom stereocenters. The minimum absolute atomic E-state index is 0.171. The van der Waals surface area contributed by atoms with Gasteiger partial charge in [0.2, 0.25) is 5.91 Å². The molecule has 0 atom stereocenters. The summed E-state index contributed by atoms with van der Waals surface area (Å²) in [6.07, 6.45) is 0.239. The summed E-state index contributed by atoms with van der Waals surface area (Å²) in [5, 5.41) is 14.6. The number of rotatable bonds is 6. The van der Waals surface area contributed by atoms with E-state index in [9.17, 15) is 4.79 Å². The Morgan fingerprint density at radius 2 is 1.77 bits per heavy atom. The minimum Gasteiger partial charge on any atom is -0.497 e. The lowest BCUT2D eigenvalue weighted by molar-refractivity contribution is -0.115. The second-order valence-corrected chi connectivity index (χ2v) is 5.95. The quantitative estimate of drug-likeness (QED) is 0.686. The van der Waals surface area contributed by atoms with Crippen molar-refractivity contribution in [2.24, 2.45) is 0 Å². The van der Waals surface area contributed by atoms with Crippen LogP contribution in [0.4, 0.5) is 17.3 Å². The van der Waals surface area contributed by atoms with Crippen LogP contribution in [0, 0.1) is 0 Å². The van der Waals surface area contributed by atoms with E-state index in [1.807, 2.05) is 36.4 Å². The van der Waals surface area contributed by atoms with Crippen LogP contribution in [0.25, 0.3) is 0 Å². The Morgan fingerprint density at radius 1 is 1.04 bits per heavy atom. The summed E-state index contributed by atoms with van der Waals surface area (Å²) in [6, 6.07) is 18.0. The van der Waals surface area contributed by atoms with Gasteiger partial charge in [-0.3, -0.25) is 4.79 Å². The maximum absolute atomic E-state index is 12.1. The summed E-state index contributed by atoms with van der Waals surface area (Å²) >= 11 is 5.84. The van der Waals surface area contributed by atoms with Gasteiger partial charge in [0.15, 0.2) is 11.6 Å². The van der Waals surface area contributed by atoms with Crippen molar-refractivity contribution in [2.75, 3.05) is 17.7 Å². The van der Waals surface area contributed by atoms with Crippen LogP contribution in [0.2, 0.25) is 5.02 Å². The number of anilines is 3. The van der Waals surface area contributed by atoms with Crippen molar-refractivity contribution in [3.8, 4) is 5.75 Å². The fourth-order valence-corrected chi connectivity index (χ4v) is 2.41. The Morgan fingerprint density at radius 3 is 2.46 bits per heavy atom. The van der Waals surface area contributed by atoms with E-state index >= 15 is 0 Å². The van der Waals surface area contributed by atoms with Gasteiger partial charge in [-0.2, -0.15) is 0 Å². The van der Waals surface area contributed by atoms with Gasteiger partial charge in [-0.15, -0.1) is 10.2 Å². The van der Waals surface area contributed by atoms with Crippen molar-refractivity contribution in [1.29, 1.82) is 0 Å². The number of benzene rings is 2. The monoisotopic (exact) mass is 368 g/mol. The first-order valence-corrected chi connectivity index (χ1v) is 8.29. The maximum Gasteiger partial charge on any atom is 0.229 e. The lowest BCUT2D eigenvalue weighted by Gasteiger charge is -2.08. The zero-order valence-corrected chi connectivity index (χ0v) is 14.8. The number of hydrogen-bond acceptors (Lipinski definition) is 5. The number of nitrogens with one attached hydrogen (secondary N) is 2. The summed E-state index contributed by atoms with van der Waals surface area (Å²) < 4.78 is 5.18. The molecule has 1 amide bonds. The molecule has 26 heavy (non-hydrogen) atoms. The predicted octanol–water partition coefficient (Wildman–Crippen LogP) is 4.06. The normalized spacial score (nSPS) is 10.2. The highest BCUT2D eigenvalue weighted by Crippen LogP contribution is 2.20. The topological polar surface area (TPSA) is 76.1 Å². The van der Waals surface area contributed by atoms with Gasteiger partial charge in [-0.05, 0) is 42.0 Å². The molecule has 0 aliphatic rings. The molecule has 3 rings (SSSR count). The second-order valence-electron chi connectivity index (χ2n) is 5.51. The van der Waals surface area contributed by atoms with Gasteiger partial charge in [0.05, 0.1) is 13.5 Å². The average molecular weight is 369 g/mol. The highest BCUT2D eigenvalue weighted by atomic mass is 35.5. The molecular formula is C19H17ClN4O2. The Balaban J connectivity index is 1.58. The Hall–Kier alpha value is -3.12. The molecular weight excluding hydrogens is 352 g/mol. The third-order valence-electron chi connectivity index (χ3n) is 3.55. The lowest BCUT2D eigenvalue weighted by atomic mass is 10.1. The molecule has 1 aromatic heterocycles. The molecule has 6 nitrogen and oxygen atoms in total. The molecule has 0 aliphatic carbocycles. The smallest absolute Gasteiger partial charge is 0.229 e. The number of amides is 1. The van der Waals surface area contributed by atoms with Crippen LogP contribution in [0.3, 0.4) is 0 Å². The van der Waals surface area contributed by atoms with Gasteiger partial charge in [-0.1, -0.05) is 29.8 Å². The van der Waals surface area contributed by atoms with Crippen molar-refractivity contribution in [3.63, 3.8) is 0 Å². The highest BCUT2D eigenvalue weighted by Gasteiger charge is 2.06. The molecule has 0 spiro atoms. The van der Waals surface area contributed by atoms with E-state index in [4.69, 9.17) is 16.3 Å². The van der Waals surface area contributed by atoms with E-state index in [2.05, 4.69) is 20.8 Å². The fraction of sp³-hybridized carbons (Fsp3) is 0.105. The Bertz CT molecular complexity index is 883. The molecule has 132 valence electrons. The standard InChI is InChI=1S/C19H17ClN4O2/c1-26-16-4-2-3-15(12-16)21-17-9-10-18(24-23-17)22-19(25)11-13-5-7-14(20)8-6-13/h2-10,12H,11H2,1H3,(H,21,23)(H,22,24,25). The number of ether oxygens (including phenoxy) is 1. The van der Waals surface area contributed by atoms with Crippen LogP contribution < -0.4 is 15.4 Å². The highest BCUT2D eigenvalue weighted by molar-refractivity contribution is 6.30. The largest absolute Gasteiger partial charge is 0.497 e. The SMILES string of the molecule is COc1cccc(Nc2ccc(NC(=O)Cc3ccc(Cl)cc3)nn2)c1. The van der Waals surface area contributed by atoms with Crippen LogP contribution in [-0.2, 0) is 11.2 Å². The van der Waals surface area contributed by atoms with E-state index in [0.717, 1.165) is 17.0 Å². The lowest BCUT2D eigenvalue weighted by Crippen LogP contribution is -2.15. The fourth-order valence-electron chi connectivity index (χ4n) is 2.29.